The van der Waals surface area contributed by atoms with E-state index in [-0.39, 0.29) is 11.5 Å². The van der Waals surface area contributed by atoms with E-state index in [0.717, 1.165) is 5.56 Å². The Kier molecular flexibility index (Phi) is 3.86. The molecule has 0 radical (unpaired) electrons. The third-order valence-electron chi connectivity index (χ3n) is 3.19. The quantitative estimate of drug-likeness (QED) is 0.741. The standard InChI is InChI=1S/C16H10ClFN4/c17-14-7-2-1-6-13(14)16-15(9-19)20-21-22(16)10-11-4-3-5-12(18)8-11/h1-8H,10H2. The molecule has 22 heavy (non-hydrogen) atoms. The summed E-state index contributed by atoms with van der Waals surface area (Å²) in [6, 6.07) is 15.4. The van der Waals surface area contributed by atoms with E-state index in [2.05, 4.69) is 10.3 Å². The van der Waals surface area contributed by atoms with Gasteiger partial charge in [-0.05, 0) is 23.8 Å². The van der Waals surface area contributed by atoms with Crippen molar-refractivity contribution in [1.29, 1.82) is 5.26 Å². The summed E-state index contributed by atoms with van der Waals surface area (Å²) in [6.07, 6.45) is 0. The van der Waals surface area contributed by atoms with Gasteiger partial charge in [-0.25, -0.2) is 9.07 Å². The summed E-state index contributed by atoms with van der Waals surface area (Å²) in [5.74, 6) is -0.322. The predicted molar refractivity (Wildman–Crippen MR) is 80.7 cm³/mol. The van der Waals surface area contributed by atoms with Gasteiger partial charge in [0.1, 0.15) is 17.6 Å². The van der Waals surface area contributed by atoms with Crippen molar-refractivity contribution in [2.45, 2.75) is 6.54 Å². The van der Waals surface area contributed by atoms with Gasteiger partial charge in [0.2, 0.25) is 0 Å². The van der Waals surface area contributed by atoms with Crippen LogP contribution in [0.25, 0.3) is 11.3 Å². The van der Waals surface area contributed by atoms with E-state index in [9.17, 15) is 9.65 Å². The maximum Gasteiger partial charge on any atom is 0.190 e. The summed E-state index contributed by atoms with van der Waals surface area (Å²) in [5.41, 5.74) is 2.10. The van der Waals surface area contributed by atoms with Crippen LogP contribution in [-0.2, 0) is 6.54 Å². The second-order valence-corrected chi connectivity index (χ2v) is 5.07. The van der Waals surface area contributed by atoms with Crippen LogP contribution in [0.4, 0.5) is 4.39 Å². The van der Waals surface area contributed by atoms with Crippen molar-refractivity contribution in [2.75, 3.05) is 0 Å². The number of halogens is 2. The second-order valence-electron chi connectivity index (χ2n) is 4.67. The van der Waals surface area contributed by atoms with Crippen molar-refractivity contribution < 1.29 is 4.39 Å². The summed E-state index contributed by atoms with van der Waals surface area (Å²) in [5, 5.41) is 17.6. The summed E-state index contributed by atoms with van der Waals surface area (Å²) >= 11 is 6.21. The molecule has 0 N–H and O–H groups in total. The topological polar surface area (TPSA) is 54.5 Å². The summed E-state index contributed by atoms with van der Waals surface area (Å²) < 4.78 is 14.9. The van der Waals surface area contributed by atoms with Gasteiger partial charge < -0.3 is 0 Å². The van der Waals surface area contributed by atoms with Crippen molar-refractivity contribution in [3.05, 3.63) is 70.6 Å². The van der Waals surface area contributed by atoms with Crippen molar-refractivity contribution in [3.8, 4) is 17.3 Å². The summed E-state index contributed by atoms with van der Waals surface area (Å²) in [4.78, 5) is 0. The SMILES string of the molecule is N#Cc1nnn(Cc2cccc(F)c2)c1-c1ccccc1Cl. The third kappa shape index (κ3) is 2.69. The summed E-state index contributed by atoms with van der Waals surface area (Å²) in [7, 11) is 0. The van der Waals surface area contributed by atoms with E-state index >= 15 is 0 Å². The highest BCUT2D eigenvalue weighted by atomic mass is 35.5. The Morgan fingerprint density at radius 1 is 1.18 bits per heavy atom. The lowest BCUT2D eigenvalue weighted by atomic mass is 10.1. The lowest BCUT2D eigenvalue weighted by Crippen LogP contribution is -2.05. The van der Waals surface area contributed by atoms with Crippen molar-refractivity contribution in [1.82, 2.24) is 15.0 Å². The van der Waals surface area contributed by atoms with Crippen LogP contribution in [0, 0.1) is 17.1 Å². The number of hydrogen-bond donors (Lipinski definition) is 0. The van der Waals surface area contributed by atoms with Gasteiger partial charge in [-0.3, -0.25) is 0 Å². The minimum atomic E-state index is -0.322. The first-order chi connectivity index (χ1) is 10.7. The number of benzene rings is 2. The molecule has 0 aliphatic rings. The zero-order valence-electron chi connectivity index (χ0n) is 11.4. The Labute approximate surface area is 131 Å². The average Bonchev–Trinajstić information content (AvgIpc) is 2.90. The molecule has 0 atom stereocenters. The third-order valence-corrected chi connectivity index (χ3v) is 3.52. The Bertz CT molecular complexity index is 867. The highest BCUT2D eigenvalue weighted by Crippen LogP contribution is 2.29. The van der Waals surface area contributed by atoms with E-state index in [4.69, 9.17) is 11.6 Å². The first kappa shape index (κ1) is 14.2. The first-order valence-corrected chi connectivity index (χ1v) is 6.90. The Morgan fingerprint density at radius 3 is 2.73 bits per heavy atom. The van der Waals surface area contributed by atoms with Crippen LogP contribution in [-0.4, -0.2) is 15.0 Å². The maximum absolute atomic E-state index is 13.3. The van der Waals surface area contributed by atoms with Crippen molar-refractivity contribution >= 4 is 11.6 Å². The molecule has 0 amide bonds. The van der Waals surface area contributed by atoms with Gasteiger partial charge in [-0.15, -0.1) is 5.10 Å². The van der Waals surface area contributed by atoms with Gasteiger partial charge in [-0.2, -0.15) is 5.26 Å². The van der Waals surface area contributed by atoms with Crippen LogP contribution in [0.5, 0.6) is 0 Å². The molecule has 4 nitrogen and oxygen atoms in total. The molecule has 0 aliphatic heterocycles. The van der Waals surface area contributed by atoms with Gasteiger partial charge in [0, 0.05) is 5.56 Å². The van der Waals surface area contributed by atoms with Crippen LogP contribution >= 0.6 is 11.6 Å². The number of rotatable bonds is 3. The van der Waals surface area contributed by atoms with E-state index in [1.165, 1.54) is 12.1 Å². The molecule has 108 valence electrons. The van der Waals surface area contributed by atoms with Crippen molar-refractivity contribution in [3.63, 3.8) is 0 Å². The van der Waals surface area contributed by atoms with Crippen LogP contribution in [0.1, 0.15) is 11.3 Å². The number of hydrogen-bond acceptors (Lipinski definition) is 3. The maximum atomic E-state index is 13.3. The fraction of sp³-hybridized carbons (Fsp3) is 0.0625. The lowest BCUT2D eigenvalue weighted by molar-refractivity contribution is 0.615. The van der Waals surface area contributed by atoms with Crippen LogP contribution < -0.4 is 0 Å². The van der Waals surface area contributed by atoms with Gasteiger partial charge in [0.15, 0.2) is 5.69 Å². The number of nitrogens with zero attached hydrogens (tertiary/aromatic N) is 4. The van der Waals surface area contributed by atoms with E-state index in [1.54, 1.807) is 35.0 Å². The molecule has 0 unspecified atom stereocenters. The second kappa shape index (κ2) is 5.96. The van der Waals surface area contributed by atoms with Crippen molar-refractivity contribution in [2.24, 2.45) is 0 Å². The van der Waals surface area contributed by atoms with Gasteiger partial charge >= 0.3 is 0 Å². The molecule has 0 saturated heterocycles. The Morgan fingerprint density at radius 2 is 2.00 bits per heavy atom. The number of nitriles is 1. The molecule has 0 spiro atoms. The summed E-state index contributed by atoms with van der Waals surface area (Å²) in [6.45, 7) is 0.299. The molecule has 1 heterocycles. The molecule has 0 bridgehead atoms. The van der Waals surface area contributed by atoms with Gasteiger partial charge in [-0.1, -0.05) is 47.1 Å². The molecule has 0 fully saturated rings. The molecular weight excluding hydrogens is 303 g/mol. The molecule has 2 aromatic carbocycles. The zero-order valence-corrected chi connectivity index (χ0v) is 12.1. The largest absolute Gasteiger partial charge is 0.239 e. The van der Waals surface area contributed by atoms with Gasteiger partial charge in [0.25, 0.3) is 0 Å². The number of aromatic nitrogens is 3. The van der Waals surface area contributed by atoms with E-state index in [0.29, 0.717) is 22.8 Å². The minimum Gasteiger partial charge on any atom is -0.239 e. The van der Waals surface area contributed by atoms with Crippen LogP contribution in [0.2, 0.25) is 5.02 Å². The first-order valence-electron chi connectivity index (χ1n) is 6.52. The van der Waals surface area contributed by atoms with Gasteiger partial charge in [0.05, 0.1) is 11.6 Å². The highest BCUT2D eigenvalue weighted by molar-refractivity contribution is 6.33. The van der Waals surface area contributed by atoms with E-state index < -0.39 is 0 Å². The molecule has 3 rings (SSSR count). The fourth-order valence-corrected chi connectivity index (χ4v) is 2.45. The van der Waals surface area contributed by atoms with Crippen LogP contribution in [0.3, 0.4) is 0 Å². The molecule has 3 aromatic rings. The normalized spacial score (nSPS) is 10.4. The molecule has 6 heteroatoms. The monoisotopic (exact) mass is 312 g/mol. The smallest absolute Gasteiger partial charge is 0.190 e. The average molecular weight is 313 g/mol. The van der Waals surface area contributed by atoms with Crippen LogP contribution in [0.15, 0.2) is 48.5 Å². The Balaban J connectivity index is 2.09. The molecular formula is C16H10ClFN4. The predicted octanol–water partition coefficient (Wildman–Crippen LogP) is 3.66. The minimum absolute atomic E-state index is 0.185. The molecule has 1 aromatic heterocycles. The van der Waals surface area contributed by atoms with E-state index in [1.807, 2.05) is 12.1 Å². The molecule has 0 saturated carbocycles. The highest BCUT2D eigenvalue weighted by Gasteiger charge is 2.17. The Hall–Kier alpha value is -2.71. The zero-order chi connectivity index (χ0) is 15.5. The lowest BCUT2D eigenvalue weighted by Gasteiger charge is -2.08. The fourth-order valence-electron chi connectivity index (χ4n) is 2.23. The molecule has 0 aliphatic carbocycles.